The van der Waals surface area contributed by atoms with Gasteiger partial charge in [-0.3, -0.25) is 0 Å². The lowest BCUT2D eigenvalue weighted by molar-refractivity contribution is 0.217. The van der Waals surface area contributed by atoms with Crippen LogP contribution in [0.15, 0.2) is 12.1 Å². The van der Waals surface area contributed by atoms with Crippen LogP contribution in [0.25, 0.3) is 0 Å². The van der Waals surface area contributed by atoms with Gasteiger partial charge in [-0.05, 0) is 75.4 Å². The van der Waals surface area contributed by atoms with E-state index in [0.717, 1.165) is 74.7 Å². The number of hydrogen-bond acceptors (Lipinski definition) is 6. The molecule has 0 heterocycles. The highest BCUT2D eigenvalue weighted by Gasteiger charge is 2.13. The summed E-state index contributed by atoms with van der Waals surface area (Å²) in [4.78, 5) is 4.71. The molecule has 0 amide bonds. The van der Waals surface area contributed by atoms with Gasteiger partial charge in [-0.15, -0.1) is 0 Å². The SMILES string of the molecule is CCN(CC)CCOc1cc(CCN)c(OCCN(CC)CC)cc1CCN. The van der Waals surface area contributed by atoms with E-state index in [1.54, 1.807) is 0 Å². The number of hydrogen-bond donors (Lipinski definition) is 2. The first kappa shape index (κ1) is 24.7. The molecule has 1 rings (SSSR count). The smallest absolute Gasteiger partial charge is 0.123 e. The minimum Gasteiger partial charge on any atom is -0.492 e. The second-order valence-electron chi connectivity index (χ2n) is 6.90. The van der Waals surface area contributed by atoms with E-state index in [4.69, 9.17) is 20.9 Å². The van der Waals surface area contributed by atoms with Crippen LogP contribution < -0.4 is 20.9 Å². The molecule has 4 N–H and O–H groups in total. The van der Waals surface area contributed by atoms with Gasteiger partial charge >= 0.3 is 0 Å². The van der Waals surface area contributed by atoms with Crippen molar-refractivity contribution in [1.29, 1.82) is 0 Å². The summed E-state index contributed by atoms with van der Waals surface area (Å²) in [7, 11) is 0. The van der Waals surface area contributed by atoms with Crippen LogP contribution in [0.5, 0.6) is 11.5 Å². The highest BCUT2D eigenvalue weighted by Crippen LogP contribution is 2.30. The zero-order valence-corrected chi connectivity index (χ0v) is 18.5. The van der Waals surface area contributed by atoms with Gasteiger partial charge in [0.15, 0.2) is 0 Å². The van der Waals surface area contributed by atoms with Crippen molar-refractivity contribution in [2.75, 3.05) is 65.6 Å². The molecule has 1 aromatic carbocycles. The normalized spacial score (nSPS) is 11.4. The van der Waals surface area contributed by atoms with Gasteiger partial charge in [-0.25, -0.2) is 0 Å². The summed E-state index contributed by atoms with van der Waals surface area (Å²) in [6, 6.07) is 4.21. The van der Waals surface area contributed by atoms with Gasteiger partial charge in [0, 0.05) is 13.1 Å². The molecular formula is C22H42N4O2. The Labute approximate surface area is 172 Å². The summed E-state index contributed by atoms with van der Waals surface area (Å²) in [5.41, 5.74) is 13.9. The Morgan fingerprint density at radius 3 is 1.32 bits per heavy atom. The molecule has 162 valence electrons. The van der Waals surface area contributed by atoms with Crippen molar-refractivity contribution in [3.05, 3.63) is 23.3 Å². The van der Waals surface area contributed by atoms with Gasteiger partial charge in [-0.2, -0.15) is 0 Å². The minimum absolute atomic E-state index is 0.585. The second kappa shape index (κ2) is 14.6. The maximum absolute atomic E-state index is 6.14. The molecule has 0 aliphatic heterocycles. The molecule has 0 saturated heterocycles. The van der Waals surface area contributed by atoms with Gasteiger partial charge in [0.2, 0.25) is 0 Å². The Morgan fingerprint density at radius 1 is 0.679 bits per heavy atom. The molecule has 0 aliphatic carbocycles. The number of ether oxygens (including phenoxy) is 2. The third-order valence-electron chi connectivity index (χ3n) is 5.19. The van der Waals surface area contributed by atoms with Crippen molar-refractivity contribution >= 4 is 0 Å². The first-order valence-electron chi connectivity index (χ1n) is 10.9. The van der Waals surface area contributed by atoms with E-state index in [-0.39, 0.29) is 0 Å². The molecule has 0 aromatic heterocycles. The first-order chi connectivity index (χ1) is 13.6. The lowest BCUT2D eigenvalue weighted by Crippen LogP contribution is -2.28. The van der Waals surface area contributed by atoms with E-state index >= 15 is 0 Å². The largest absolute Gasteiger partial charge is 0.492 e. The van der Waals surface area contributed by atoms with Crippen LogP contribution in [0.1, 0.15) is 38.8 Å². The summed E-state index contributed by atoms with van der Waals surface area (Å²) in [6.07, 6.45) is 1.55. The topological polar surface area (TPSA) is 77.0 Å². The molecule has 6 nitrogen and oxygen atoms in total. The van der Waals surface area contributed by atoms with Crippen LogP contribution in [0.2, 0.25) is 0 Å². The van der Waals surface area contributed by atoms with Crippen molar-refractivity contribution in [1.82, 2.24) is 9.80 Å². The van der Waals surface area contributed by atoms with E-state index in [9.17, 15) is 0 Å². The lowest BCUT2D eigenvalue weighted by atomic mass is 10.0. The van der Waals surface area contributed by atoms with Crippen molar-refractivity contribution in [2.45, 2.75) is 40.5 Å². The number of nitrogens with zero attached hydrogens (tertiary/aromatic N) is 2. The molecule has 1 aromatic rings. The van der Waals surface area contributed by atoms with Gasteiger partial charge in [-0.1, -0.05) is 27.7 Å². The molecule has 0 aliphatic rings. The molecule has 0 radical (unpaired) electrons. The summed E-state index contributed by atoms with van der Waals surface area (Å²) >= 11 is 0. The third-order valence-corrected chi connectivity index (χ3v) is 5.19. The van der Waals surface area contributed by atoms with Crippen LogP contribution in [-0.4, -0.2) is 75.4 Å². The molecular weight excluding hydrogens is 352 g/mol. The van der Waals surface area contributed by atoms with Crippen LogP contribution in [0, 0.1) is 0 Å². The molecule has 6 heteroatoms. The Hall–Kier alpha value is -1.34. The molecule has 28 heavy (non-hydrogen) atoms. The fraction of sp³-hybridized carbons (Fsp3) is 0.727. The van der Waals surface area contributed by atoms with Crippen LogP contribution in [0.3, 0.4) is 0 Å². The standard InChI is InChI=1S/C22H42N4O2/c1-5-25(6-2)13-15-27-21-17-20(10-12-24)22(18-19(21)9-11-23)28-16-14-26(7-3)8-4/h17-18H,5-16,23-24H2,1-4H3. The third kappa shape index (κ3) is 8.35. The highest BCUT2D eigenvalue weighted by molar-refractivity contribution is 5.47. The Bertz CT molecular complexity index is 484. The van der Waals surface area contributed by atoms with Crippen LogP contribution in [-0.2, 0) is 12.8 Å². The predicted octanol–water partition coefficient (Wildman–Crippen LogP) is 2.13. The maximum Gasteiger partial charge on any atom is 0.123 e. The van der Waals surface area contributed by atoms with E-state index in [2.05, 4.69) is 49.6 Å². The van der Waals surface area contributed by atoms with Gasteiger partial charge < -0.3 is 30.7 Å². The zero-order chi connectivity index (χ0) is 20.8. The average molecular weight is 395 g/mol. The maximum atomic E-state index is 6.14. The summed E-state index contributed by atoms with van der Waals surface area (Å²) < 4.78 is 12.3. The number of likely N-dealkylation sites (N-methyl/N-ethyl adjacent to an activating group) is 2. The zero-order valence-electron chi connectivity index (χ0n) is 18.5. The van der Waals surface area contributed by atoms with Gasteiger partial charge in [0.1, 0.15) is 24.7 Å². The number of nitrogens with two attached hydrogens (primary N) is 2. The molecule has 0 atom stereocenters. The van der Waals surface area contributed by atoms with E-state index in [0.29, 0.717) is 26.3 Å². The van der Waals surface area contributed by atoms with Gasteiger partial charge in [0.25, 0.3) is 0 Å². The summed E-state index contributed by atoms with van der Waals surface area (Å²) in [6.45, 7) is 17.2. The molecule has 0 fully saturated rings. The first-order valence-corrected chi connectivity index (χ1v) is 10.9. The van der Waals surface area contributed by atoms with Crippen LogP contribution >= 0.6 is 0 Å². The number of rotatable bonds is 16. The molecule has 0 unspecified atom stereocenters. The number of benzene rings is 1. The fourth-order valence-electron chi connectivity index (χ4n) is 3.26. The monoisotopic (exact) mass is 394 g/mol. The lowest BCUT2D eigenvalue weighted by Gasteiger charge is -2.22. The Balaban J connectivity index is 2.89. The van der Waals surface area contributed by atoms with Crippen LogP contribution in [0.4, 0.5) is 0 Å². The van der Waals surface area contributed by atoms with Crippen molar-refractivity contribution in [3.8, 4) is 11.5 Å². The van der Waals surface area contributed by atoms with E-state index < -0.39 is 0 Å². The molecule has 0 saturated carbocycles. The van der Waals surface area contributed by atoms with Crippen molar-refractivity contribution in [3.63, 3.8) is 0 Å². The quantitative estimate of drug-likeness (QED) is 0.447. The van der Waals surface area contributed by atoms with E-state index in [1.807, 2.05) is 0 Å². The fourth-order valence-corrected chi connectivity index (χ4v) is 3.26. The molecule has 0 spiro atoms. The van der Waals surface area contributed by atoms with Gasteiger partial charge in [0.05, 0.1) is 0 Å². The Kier molecular flexibility index (Phi) is 12.9. The van der Waals surface area contributed by atoms with Crippen molar-refractivity contribution in [2.24, 2.45) is 11.5 Å². The minimum atomic E-state index is 0.585. The summed E-state index contributed by atoms with van der Waals surface area (Å²) in [5.74, 6) is 1.83. The Morgan fingerprint density at radius 2 is 1.04 bits per heavy atom. The average Bonchev–Trinajstić information content (AvgIpc) is 2.71. The molecule has 0 bridgehead atoms. The van der Waals surface area contributed by atoms with E-state index in [1.165, 1.54) is 0 Å². The summed E-state index contributed by atoms with van der Waals surface area (Å²) in [5, 5.41) is 0. The van der Waals surface area contributed by atoms with Crippen molar-refractivity contribution < 1.29 is 9.47 Å². The predicted molar refractivity (Wildman–Crippen MR) is 119 cm³/mol. The highest BCUT2D eigenvalue weighted by atomic mass is 16.5. The second-order valence-corrected chi connectivity index (χ2v) is 6.90.